The molecule has 1 heterocycles. The smallest absolute Gasteiger partial charge is 0.328 e. The summed E-state index contributed by atoms with van der Waals surface area (Å²) in [5, 5.41) is 33.2. The molecule has 1 unspecified atom stereocenters. The molecule has 7 heteroatoms. The predicted molar refractivity (Wildman–Crippen MR) is 94.0 cm³/mol. The van der Waals surface area contributed by atoms with Crippen LogP contribution in [0, 0.1) is 0 Å². The van der Waals surface area contributed by atoms with Gasteiger partial charge < -0.3 is 24.8 Å². The third kappa shape index (κ3) is 2.90. The quantitative estimate of drug-likeness (QED) is 0.644. The molecule has 2 aromatic rings. The Morgan fingerprint density at radius 3 is 2.42 bits per heavy atom. The van der Waals surface area contributed by atoms with Gasteiger partial charge in [-0.25, -0.2) is 4.79 Å². The summed E-state index contributed by atoms with van der Waals surface area (Å²) in [6, 6.07) is 7.93. The molecule has 2 aromatic carbocycles. The zero-order valence-corrected chi connectivity index (χ0v) is 14.6. The molecule has 0 aromatic heterocycles. The number of aromatic hydroxyl groups is 2. The average Bonchev–Trinajstić information content (AvgIpc) is 2.61. The Balaban J connectivity index is 2.10. The van der Waals surface area contributed by atoms with Gasteiger partial charge in [-0.1, -0.05) is 6.07 Å². The monoisotopic (exact) mass is 359 g/mol. The molecule has 4 N–H and O–H groups in total. The first-order valence-corrected chi connectivity index (χ1v) is 8.16. The molecular weight excluding hydrogens is 338 g/mol. The molecule has 138 valence electrons. The fourth-order valence-corrected chi connectivity index (χ4v) is 3.46. The molecule has 3 rings (SSSR count). The van der Waals surface area contributed by atoms with Crippen LogP contribution in [0.4, 0.5) is 0 Å². The average molecular weight is 359 g/mol. The van der Waals surface area contributed by atoms with Crippen LogP contribution in [0.15, 0.2) is 30.3 Å². The van der Waals surface area contributed by atoms with E-state index >= 15 is 0 Å². The maximum absolute atomic E-state index is 12.3. The molecule has 0 spiro atoms. The van der Waals surface area contributed by atoms with Gasteiger partial charge in [0.05, 0.1) is 14.2 Å². The van der Waals surface area contributed by atoms with Gasteiger partial charge in [0.15, 0.2) is 23.0 Å². The number of phenolic OH excluding ortho intramolecular Hbond substituents is 2. The van der Waals surface area contributed by atoms with Crippen LogP contribution in [0.5, 0.6) is 23.0 Å². The lowest BCUT2D eigenvalue weighted by molar-refractivity contribution is -0.145. The van der Waals surface area contributed by atoms with Gasteiger partial charge in [0.2, 0.25) is 0 Å². The molecule has 0 saturated carbocycles. The molecule has 0 aliphatic carbocycles. The molecule has 0 amide bonds. The molecule has 1 atom stereocenters. The van der Waals surface area contributed by atoms with Gasteiger partial charge in [0.1, 0.15) is 5.54 Å². The maximum atomic E-state index is 12.3. The van der Waals surface area contributed by atoms with Crippen LogP contribution in [-0.2, 0) is 23.2 Å². The Morgan fingerprint density at radius 2 is 1.81 bits per heavy atom. The van der Waals surface area contributed by atoms with Crippen molar-refractivity contribution in [3.63, 3.8) is 0 Å². The number of nitrogens with one attached hydrogen (secondary N) is 1. The lowest BCUT2D eigenvalue weighted by atomic mass is 9.78. The van der Waals surface area contributed by atoms with Crippen molar-refractivity contribution in [3.8, 4) is 23.0 Å². The van der Waals surface area contributed by atoms with Crippen LogP contribution >= 0.6 is 0 Å². The number of hydrogen-bond donors (Lipinski definition) is 4. The highest BCUT2D eigenvalue weighted by Gasteiger charge is 2.44. The van der Waals surface area contributed by atoms with Gasteiger partial charge in [-0.05, 0) is 47.4 Å². The number of fused-ring (bicyclic) bond motifs is 1. The summed E-state index contributed by atoms with van der Waals surface area (Å²) in [7, 11) is 2.87. The minimum absolute atomic E-state index is 0.0190. The van der Waals surface area contributed by atoms with E-state index in [9.17, 15) is 20.1 Å². The minimum Gasteiger partial charge on any atom is -0.504 e. The number of carboxylic acid groups (broad SMARTS) is 1. The fraction of sp³-hybridized carbons (Fsp3) is 0.316. The number of carboxylic acids is 1. The second kappa shape index (κ2) is 6.76. The van der Waals surface area contributed by atoms with Crippen molar-refractivity contribution in [1.29, 1.82) is 0 Å². The Labute approximate surface area is 150 Å². The van der Waals surface area contributed by atoms with E-state index in [0.29, 0.717) is 29.8 Å². The molecule has 0 saturated heterocycles. The summed E-state index contributed by atoms with van der Waals surface area (Å²) in [6.07, 6.45) is 0.705. The second-order valence-electron chi connectivity index (χ2n) is 6.25. The van der Waals surface area contributed by atoms with E-state index in [0.717, 1.165) is 5.56 Å². The van der Waals surface area contributed by atoms with Gasteiger partial charge >= 0.3 is 5.97 Å². The molecule has 0 bridgehead atoms. The van der Waals surface area contributed by atoms with E-state index in [-0.39, 0.29) is 23.7 Å². The maximum Gasteiger partial charge on any atom is 0.328 e. The van der Waals surface area contributed by atoms with E-state index in [2.05, 4.69) is 5.32 Å². The summed E-state index contributed by atoms with van der Waals surface area (Å²) in [4.78, 5) is 12.3. The Bertz CT molecular complexity index is 850. The lowest BCUT2D eigenvalue weighted by Crippen LogP contribution is -2.54. The zero-order valence-electron chi connectivity index (χ0n) is 14.6. The van der Waals surface area contributed by atoms with Crippen molar-refractivity contribution < 1.29 is 29.6 Å². The van der Waals surface area contributed by atoms with Crippen LogP contribution in [-0.4, -0.2) is 42.1 Å². The number of methoxy groups -OCH3 is 2. The Morgan fingerprint density at radius 1 is 1.12 bits per heavy atom. The van der Waals surface area contributed by atoms with Crippen LogP contribution in [0.1, 0.15) is 16.7 Å². The van der Waals surface area contributed by atoms with E-state index in [1.807, 2.05) is 0 Å². The van der Waals surface area contributed by atoms with Crippen molar-refractivity contribution in [3.05, 3.63) is 47.0 Å². The van der Waals surface area contributed by atoms with E-state index in [4.69, 9.17) is 9.47 Å². The van der Waals surface area contributed by atoms with Gasteiger partial charge in [0, 0.05) is 13.0 Å². The molecule has 7 nitrogen and oxygen atoms in total. The second-order valence-corrected chi connectivity index (χ2v) is 6.25. The summed E-state index contributed by atoms with van der Waals surface area (Å²) in [5.74, 6) is -0.571. The highest BCUT2D eigenvalue weighted by atomic mass is 16.5. The van der Waals surface area contributed by atoms with Gasteiger partial charge in [-0.3, -0.25) is 5.32 Å². The number of aliphatic carboxylic acids is 1. The molecule has 1 aliphatic heterocycles. The van der Waals surface area contributed by atoms with Gasteiger partial charge in [-0.2, -0.15) is 0 Å². The summed E-state index contributed by atoms with van der Waals surface area (Å²) in [6.45, 7) is 0.452. The first-order chi connectivity index (χ1) is 12.4. The lowest BCUT2D eigenvalue weighted by Gasteiger charge is -2.37. The van der Waals surface area contributed by atoms with Crippen molar-refractivity contribution in [1.82, 2.24) is 5.32 Å². The highest BCUT2D eigenvalue weighted by molar-refractivity contribution is 5.83. The highest BCUT2D eigenvalue weighted by Crippen LogP contribution is 2.39. The summed E-state index contributed by atoms with van der Waals surface area (Å²) >= 11 is 0. The van der Waals surface area contributed by atoms with E-state index in [1.54, 1.807) is 24.3 Å². The normalized spacial score (nSPS) is 18.8. The Hall–Kier alpha value is -2.93. The van der Waals surface area contributed by atoms with Gasteiger partial charge in [0.25, 0.3) is 0 Å². The van der Waals surface area contributed by atoms with Crippen LogP contribution < -0.4 is 14.8 Å². The number of hydrogen-bond acceptors (Lipinski definition) is 6. The number of ether oxygens (including phenoxy) is 2. The summed E-state index contributed by atoms with van der Waals surface area (Å²) < 4.78 is 10.2. The van der Waals surface area contributed by atoms with Crippen LogP contribution in [0.3, 0.4) is 0 Å². The Kier molecular flexibility index (Phi) is 4.65. The molecule has 0 radical (unpaired) electrons. The molecule has 26 heavy (non-hydrogen) atoms. The largest absolute Gasteiger partial charge is 0.504 e. The van der Waals surface area contributed by atoms with Gasteiger partial charge in [-0.15, -0.1) is 0 Å². The number of benzene rings is 2. The first-order valence-electron chi connectivity index (χ1n) is 8.16. The minimum atomic E-state index is -1.39. The molecule has 1 aliphatic rings. The van der Waals surface area contributed by atoms with Crippen LogP contribution in [0.2, 0.25) is 0 Å². The van der Waals surface area contributed by atoms with E-state index in [1.165, 1.54) is 20.3 Å². The SMILES string of the molecule is COc1ccc(CC2(C(=O)O)NCCc3cc(O)c(OC)cc32)cc1O. The van der Waals surface area contributed by atoms with E-state index < -0.39 is 11.5 Å². The molecule has 0 fully saturated rings. The first kappa shape index (κ1) is 17.9. The number of phenols is 2. The van der Waals surface area contributed by atoms with Crippen molar-refractivity contribution in [2.24, 2.45) is 0 Å². The number of carbonyl (C=O) groups is 1. The standard InChI is InChI=1S/C19H21NO6/c1-25-16-4-3-11(7-14(16)21)10-19(18(23)24)13-9-17(26-2)15(22)8-12(13)5-6-20-19/h3-4,7-9,20-22H,5-6,10H2,1-2H3,(H,23,24). The summed E-state index contributed by atoms with van der Waals surface area (Å²) in [5.41, 5.74) is 0.539. The van der Waals surface area contributed by atoms with Crippen LogP contribution in [0.25, 0.3) is 0 Å². The number of rotatable bonds is 5. The van der Waals surface area contributed by atoms with Crippen molar-refractivity contribution in [2.75, 3.05) is 20.8 Å². The topological polar surface area (TPSA) is 108 Å². The third-order valence-electron chi connectivity index (χ3n) is 4.76. The van der Waals surface area contributed by atoms with Crippen molar-refractivity contribution in [2.45, 2.75) is 18.4 Å². The zero-order chi connectivity index (χ0) is 18.9. The molecular formula is C19H21NO6. The fourth-order valence-electron chi connectivity index (χ4n) is 3.46. The third-order valence-corrected chi connectivity index (χ3v) is 4.76. The van der Waals surface area contributed by atoms with Crippen molar-refractivity contribution >= 4 is 5.97 Å². The predicted octanol–water partition coefficient (Wildman–Crippen LogP) is 1.78.